The van der Waals surface area contributed by atoms with Crippen molar-refractivity contribution in [3.63, 3.8) is 0 Å². The monoisotopic (exact) mass is 237 g/mol. The van der Waals surface area contributed by atoms with E-state index >= 15 is 0 Å². The predicted molar refractivity (Wildman–Crippen MR) is 66.0 cm³/mol. The lowest BCUT2D eigenvalue weighted by molar-refractivity contribution is -0.168. The maximum atomic E-state index is 10.1. The van der Waals surface area contributed by atoms with Gasteiger partial charge in [0.2, 0.25) is 0 Å². The average Bonchev–Trinajstić information content (AvgIpc) is 2.39. The minimum absolute atomic E-state index is 0.0326. The van der Waals surface area contributed by atoms with Crippen molar-refractivity contribution in [2.24, 2.45) is 0 Å². The molecule has 0 aromatic heterocycles. The first-order valence-electron chi connectivity index (χ1n) is 5.84. The highest BCUT2D eigenvalue weighted by atomic mass is 16.7. The topological polar surface area (TPSA) is 50.7 Å². The molecule has 0 fully saturated rings. The molecule has 0 radical (unpaired) electrons. The molecule has 1 aliphatic heterocycles. The van der Waals surface area contributed by atoms with Crippen LogP contribution in [-0.4, -0.2) is 37.8 Å². The summed E-state index contributed by atoms with van der Waals surface area (Å²) in [6.45, 7) is 0. The molecule has 1 aromatic carbocycles. The van der Waals surface area contributed by atoms with Crippen LogP contribution in [0.3, 0.4) is 0 Å². The lowest BCUT2D eigenvalue weighted by atomic mass is 9.94. The van der Waals surface area contributed by atoms with E-state index in [9.17, 15) is 5.11 Å². The number of hydrogen-bond acceptors (Lipinski definition) is 4. The molecule has 0 saturated heterocycles. The van der Waals surface area contributed by atoms with Gasteiger partial charge in [0.05, 0.1) is 6.04 Å². The number of aliphatic hydroxyl groups excluding tert-OH is 1. The van der Waals surface area contributed by atoms with Crippen LogP contribution >= 0.6 is 0 Å². The van der Waals surface area contributed by atoms with Gasteiger partial charge in [-0.3, -0.25) is 0 Å². The van der Waals surface area contributed by atoms with Gasteiger partial charge in [-0.05, 0) is 24.5 Å². The molecule has 4 heteroatoms. The van der Waals surface area contributed by atoms with Crippen molar-refractivity contribution < 1.29 is 14.6 Å². The molecule has 1 aliphatic rings. The van der Waals surface area contributed by atoms with E-state index in [4.69, 9.17) is 9.47 Å². The first-order chi connectivity index (χ1) is 8.26. The fraction of sp³-hybridized carbons (Fsp3) is 0.538. The summed E-state index contributed by atoms with van der Waals surface area (Å²) in [7, 11) is 3.07. The third-order valence-electron chi connectivity index (χ3n) is 3.24. The highest BCUT2D eigenvalue weighted by Gasteiger charge is 2.30. The average molecular weight is 237 g/mol. The second kappa shape index (κ2) is 5.49. The van der Waals surface area contributed by atoms with Crippen molar-refractivity contribution in [1.29, 1.82) is 0 Å². The second-order valence-electron chi connectivity index (χ2n) is 4.28. The molecule has 1 heterocycles. The zero-order valence-electron chi connectivity index (χ0n) is 10.2. The Morgan fingerprint density at radius 2 is 2.00 bits per heavy atom. The summed E-state index contributed by atoms with van der Waals surface area (Å²) in [5, 5.41) is 13.5. The van der Waals surface area contributed by atoms with Crippen LogP contribution in [0.5, 0.6) is 0 Å². The Labute approximate surface area is 102 Å². The predicted octanol–water partition coefficient (Wildman–Crippen LogP) is 1.39. The Balaban J connectivity index is 2.07. The molecule has 1 aromatic rings. The number of benzene rings is 1. The number of methoxy groups -OCH3 is 2. The summed E-state index contributed by atoms with van der Waals surface area (Å²) in [5.41, 5.74) is 2.39. The Bertz CT molecular complexity index is 365. The van der Waals surface area contributed by atoms with Crippen LogP contribution in [0.25, 0.3) is 0 Å². The minimum Gasteiger partial charge on any atom is -0.386 e. The van der Waals surface area contributed by atoms with Gasteiger partial charge in [-0.25, -0.2) is 0 Å². The van der Waals surface area contributed by atoms with Crippen LogP contribution in [0.1, 0.15) is 12.0 Å². The Kier molecular flexibility index (Phi) is 3.99. The quantitative estimate of drug-likeness (QED) is 0.777. The number of rotatable bonds is 4. The molecule has 0 saturated carbocycles. The molecule has 4 nitrogen and oxygen atoms in total. The van der Waals surface area contributed by atoms with Crippen LogP contribution in [0.2, 0.25) is 0 Å². The van der Waals surface area contributed by atoms with E-state index in [2.05, 4.69) is 11.4 Å². The van der Waals surface area contributed by atoms with Crippen LogP contribution in [0, 0.1) is 0 Å². The summed E-state index contributed by atoms with van der Waals surface area (Å²) >= 11 is 0. The highest BCUT2D eigenvalue weighted by molar-refractivity contribution is 5.53. The van der Waals surface area contributed by atoms with Crippen molar-refractivity contribution in [3.8, 4) is 0 Å². The van der Waals surface area contributed by atoms with E-state index in [1.165, 1.54) is 19.8 Å². The minimum atomic E-state index is -0.668. The fourth-order valence-corrected chi connectivity index (χ4v) is 2.28. The van der Waals surface area contributed by atoms with Crippen molar-refractivity contribution in [3.05, 3.63) is 29.8 Å². The standard InChI is InChI=1S/C13H19NO3/c1-16-13(17-2)12(15)11-8-7-9-5-3-4-6-10(9)14-11/h3-6,11-15H,7-8H2,1-2H3. The van der Waals surface area contributed by atoms with Gasteiger partial charge < -0.3 is 19.9 Å². The van der Waals surface area contributed by atoms with Crippen molar-refractivity contribution in [2.75, 3.05) is 19.5 Å². The molecule has 0 aliphatic carbocycles. The SMILES string of the molecule is COC(OC)C(O)C1CCc2ccccc2N1. The van der Waals surface area contributed by atoms with E-state index < -0.39 is 12.4 Å². The smallest absolute Gasteiger partial charge is 0.184 e. The number of aryl methyl sites for hydroxylation is 1. The maximum Gasteiger partial charge on any atom is 0.184 e. The van der Waals surface area contributed by atoms with Crippen LogP contribution < -0.4 is 5.32 Å². The largest absolute Gasteiger partial charge is 0.386 e. The number of aliphatic hydroxyl groups is 1. The summed E-state index contributed by atoms with van der Waals surface area (Å²) in [4.78, 5) is 0. The van der Waals surface area contributed by atoms with Crippen molar-refractivity contribution in [1.82, 2.24) is 0 Å². The van der Waals surface area contributed by atoms with E-state index in [-0.39, 0.29) is 6.04 Å². The van der Waals surface area contributed by atoms with E-state index in [1.54, 1.807) is 0 Å². The zero-order chi connectivity index (χ0) is 12.3. The normalized spacial score (nSPS) is 20.8. The first-order valence-corrected chi connectivity index (χ1v) is 5.84. The van der Waals surface area contributed by atoms with E-state index in [1.807, 2.05) is 18.2 Å². The number of hydrogen-bond donors (Lipinski definition) is 2. The highest BCUT2D eigenvalue weighted by Crippen LogP contribution is 2.26. The lowest BCUT2D eigenvalue weighted by Crippen LogP contribution is -2.45. The van der Waals surface area contributed by atoms with Crippen LogP contribution in [0.15, 0.2) is 24.3 Å². The van der Waals surface area contributed by atoms with Crippen molar-refractivity contribution in [2.45, 2.75) is 31.3 Å². The summed E-state index contributed by atoms with van der Waals surface area (Å²) in [5.74, 6) is 0. The number of anilines is 1. The molecule has 2 atom stereocenters. The van der Waals surface area contributed by atoms with Crippen LogP contribution in [0.4, 0.5) is 5.69 Å². The van der Waals surface area contributed by atoms with E-state index in [0.717, 1.165) is 18.5 Å². The lowest BCUT2D eigenvalue weighted by Gasteiger charge is -2.33. The van der Waals surface area contributed by atoms with Gasteiger partial charge in [-0.2, -0.15) is 0 Å². The summed E-state index contributed by atoms with van der Waals surface area (Å²) < 4.78 is 10.2. The van der Waals surface area contributed by atoms with Gasteiger partial charge in [-0.1, -0.05) is 18.2 Å². The van der Waals surface area contributed by atoms with Gasteiger partial charge in [0.25, 0.3) is 0 Å². The number of fused-ring (bicyclic) bond motifs is 1. The summed E-state index contributed by atoms with van der Waals surface area (Å²) in [6, 6.07) is 8.13. The number of ether oxygens (including phenoxy) is 2. The number of para-hydroxylation sites is 1. The van der Waals surface area contributed by atoms with Gasteiger partial charge in [0.15, 0.2) is 6.29 Å². The molecule has 0 bridgehead atoms. The number of nitrogens with one attached hydrogen (secondary N) is 1. The Morgan fingerprint density at radius 3 is 2.71 bits per heavy atom. The molecule has 17 heavy (non-hydrogen) atoms. The third-order valence-corrected chi connectivity index (χ3v) is 3.24. The van der Waals surface area contributed by atoms with Gasteiger partial charge in [-0.15, -0.1) is 0 Å². The Hall–Kier alpha value is -1.10. The zero-order valence-corrected chi connectivity index (χ0v) is 10.2. The van der Waals surface area contributed by atoms with Crippen LogP contribution in [-0.2, 0) is 15.9 Å². The maximum absolute atomic E-state index is 10.1. The molecule has 0 amide bonds. The van der Waals surface area contributed by atoms with Gasteiger partial charge in [0.1, 0.15) is 6.10 Å². The molecular formula is C13H19NO3. The molecular weight excluding hydrogens is 218 g/mol. The molecule has 2 N–H and O–H groups in total. The fourth-order valence-electron chi connectivity index (χ4n) is 2.28. The third kappa shape index (κ3) is 2.60. The molecule has 0 spiro atoms. The van der Waals surface area contributed by atoms with E-state index in [0.29, 0.717) is 0 Å². The van der Waals surface area contributed by atoms with Gasteiger partial charge >= 0.3 is 0 Å². The molecule has 2 rings (SSSR count). The summed E-state index contributed by atoms with van der Waals surface area (Å²) in [6.07, 6.45) is 0.586. The Morgan fingerprint density at radius 1 is 1.29 bits per heavy atom. The molecule has 94 valence electrons. The van der Waals surface area contributed by atoms with Gasteiger partial charge in [0, 0.05) is 19.9 Å². The first kappa shape index (κ1) is 12.4. The molecule has 2 unspecified atom stereocenters. The second-order valence-corrected chi connectivity index (χ2v) is 4.28. The van der Waals surface area contributed by atoms with Crippen molar-refractivity contribution >= 4 is 5.69 Å².